The molecule has 2 saturated heterocycles. The van der Waals surface area contributed by atoms with Crippen LogP contribution in [0.5, 0.6) is 0 Å². The summed E-state index contributed by atoms with van der Waals surface area (Å²) in [6.45, 7) is 4.57. The Kier molecular flexibility index (Phi) is 3.14. The molecule has 0 radical (unpaired) electrons. The molecule has 4 heteroatoms. The summed E-state index contributed by atoms with van der Waals surface area (Å²) < 4.78 is 5.28. The fourth-order valence-electron chi connectivity index (χ4n) is 2.14. The molecule has 13 heavy (non-hydrogen) atoms. The lowest BCUT2D eigenvalue weighted by Gasteiger charge is -2.43. The predicted molar refractivity (Wildman–Crippen MR) is 56.3 cm³/mol. The van der Waals surface area contributed by atoms with Gasteiger partial charge in [0.25, 0.3) is 0 Å². The molecule has 0 amide bonds. The van der Waals surface area contributed by atoms with Crippen molar-refractivity contribution in [1.82, 2.24) is 10.2 Å². The number of hydrogen-bond donors (Lipinski definition) is 1. The number of methoxy groups -OCH3 is 1. The number of rotatable bonds is 3. The molecule has 3 nitrogen and oxygen atoms in total. The van der Waals surface area contributed by atoms with Crippen LogP contribution in [-0.4, -0.2) is 61.8 Å². The summed E-state index contributed by atoms with van der Waals surface area (Å²) in [6, 6.07) is 0.737. The van der Waals surface area contributed by atoms with E-state index < -0.39 is 0 Å². The molecule has 2 unspecified atom stereocenters. The fourth-order valence-corrected chi connectivity index (χ4v) is 3.00. The van der Waals surface area contributed by atoms with E-state index in [-0.39, 0.29) is 0 Å². The summed E-state index contributed by atoms with van der Waals surface area (Å²) in [7, 11) is 1.81. The molecule has 2 rings (SSSR count). The minimum atomic E-state index is 0.489. The van der Waals surface area contributed by atoms with Crippen LogP contribution in [-0.2, 0) is 4.74 Å². The van der Waals surface area contributed by atoms with Gasteiger partial charge >= 0.3 is 0 Å². The highest BCUT2D eigenvalue weighted by atomic mass is 32.2. The molecule has 0 aromatic rings. The van der Waals surface area contributed by atoms with E-state index in [0.717, 1.165) is 30.9 Å². The van der Waals surface area contributed by atoms with Gasteiger partial charge in [0.15, 0.2) is 0 Å². The Bertz CT molecular complexity index is 173. The normalized spacial score (nSPS) is 36.5. The molecule has 0 aromatic heterocycles. The lowest BCUT2D eigenvalue weighted by molar-refractivity contribution is -0.0458. The average molecular weight is 202 g/mol. The van der Waals surface area contributed by atoms with Crippen molar-refractivity contribution in [1.29, 1.82) is 0 Å². The SMILES string of the molecule is COC1CN(C2CNCC2SC)C1. The Morgan fingerprint density at radius 3 is 2.77 bits per heavy atom. The summed E-state index contributed by atoms with van der Waals surface area (Å²) in [5, 5.41) is 4.23. The lowest BCUT2D eigenvalue weighted by Crippen LogP contribution is -2.58. The van der Waals surface area contributed by atoms with Crippen LogP contribution in [0.2, 0.25) is 0 Å². The van der Waals surface area contributed by atoms with Gasteiger partial charge in [0.05, 0.1) is 6.10 Å². The third kappa shape index (κ3) is 1.86. The standard InChI is InChI=1S/C9H18N2OS/c1-12-7-5-11(6-7)8-3-10-4-9(8)13-2/h7-10H,3-6H2,1-2H3. The first-order chi connectivity index (χ1) is 6.35. The molecule has 2 aliphatic heterocycles. The smallest absolute Gasteiger partial charge is 0.0825 e. The Balaban J connectivity index is 1.81. The van der Waals surface area contributed by atoms with E-state index in [1.165, 1.54) is 6.54 Å². The number of likely N-dealkylation sites (tertiary alicyclic amines) is 1. The van der Waals surface area contributed by atoms with Gasteiger partial charge in [0, 0.05) is 44.6 Å². The van der Waals surface area contributed by atoms with Crippen molar-refractivity contribution in [2.45, 2.75) is 17.4 Å². The molecule has 0 saturated carbocycles. The first-order valence-corrected chi connectivity index (χ1v) is 6.14. The first kappa shape index (κ1) is 9.77. The van der Waals surface area contributed by atoms with Crippen LogP contribution in [0, 0.1) is 0 Å². The van der Waals surface area contributed by atoms with Gasteiger partial charge in [0.2, 0.25) is 0 Å². The van der Waals surface area contributed by atoms with Gasteiger partial charge in [0.1, 0.15) is 0 Å². The van der Waals surface area contributed by atoms with E-state index in [1.807, 2.05) is 11.8 Å². The van der Waals surface area contributed by atoms with E-state index in [9.17, 15) is 0 Å². The molecule has 76 valence electrons. The number of thioether (sulfide) groups is 1. The number of nitrogens with zero attached hydrogens (tertiary/aromatic N) is 1. The number of hydrogen-bond acceptors (Lipinski definition) is 4. The van der Waals surface area contributed by atoms with Crippen LogP contribution in [0.4, 0.5) is 0 Å². The van der Waals surface area contributed by atoms with Crippen LogP contribution in [0.1, 0.15) is 0 Å². The van der Waals surface area contributed by atoms with Gasteiger partial charge in [-0.25, -0.2) is 0 Å². The van der Waals surface area contributed by atoms with Crippen LogP contribution >= 0.6 is 11.8 Å². The third-order valence-corrected chi connectivity index (χ3v) is 4.20. The molecule has 0 aliphatic carbocycles. The van der Waals surface area contributed by atoms with Crippen molar-refractivity contribution in [3.05, 3.63) is 0 Å². The molecule has 2 aliphatic rings. The second kappa shape index (κ2) is 4.17. The highest BCUT2D eigenvalue weighted by Crippen LogP contribution is 2.24. The van der Waals surface area contributed by atoms with Crippen LogP contribution < -0.4 is 5.32 Å². The predicted octanol–water partition coefficient (Wildman–Crippen LogP) is 0.0204. The zero-order chi connectivity index (χ0) is 9.26. The molecule has 2 atom stereocenters. The maximum atomic E-state index is 5.28. The largest absolute Gasteiger partial charge is 0.379 e. The van der Waals surface area contributed by atoms with Gasteiger partial charge in [-0.3, -0.25) is 4.90 Å². The third-order valence-electron chi connectivity index (χ3n) is 3.11. The summed E-state index contributed by atoms with van der Waals surface area (Å²) in [6.07, 6.45) is 2.70. The van der Waals surface area contributed by atoms with Gasteiger partial charge in [-0.15, -0.1) is 0 Å². The molecular formula is C9H18N2OS. The highest BCUT2D eigenvalue weighted by molar-refractivity contribution is 7.99. The van der Waals surface area contributed by atoms with Crippen molar-refractivity contribution in [2.75, 3.05) is 39.5 Å². The van der Waals surface area contributed by atoms with Crippen molar-refractivity contribution in [3.63, 3.8) is 0 Å². The average Bonchev–Trinajstić information content (AvgIpc) is 2.50. The second-order valence-corrected chi connectivity index (χ2v) is 4.89. The van der Waals surface area contributed by atoms with Crippen molar-refractivity contribution >= 4 is 11.8 Å². The van der Waals surface area contributed by atoms with Gasteiger partial charge in [-0.05, 0) is 6.26 Å². The van der Waals surface area contributed by atoms with Crippen molar-refractivity contribution in [2.24, 2.45) is 0 Å². The topological polar surface area (TPSA) is 24.5 Å². The maximum absolute atomic E-state index is 5.28. The molecular weight excluding hydrogens is 184 g/mol. The molecule has 2 fully saturated rings. The van der Waals surface area contributed by atoms with Crippen LogP contribution in [0.15, 0.2) is 0 Å². The minimum absolute atomic E-state index is 0.489. The lowest BCUT2D eigenvalue weighted by atomic mass is 10.1. The molecule has 1 N–H and O–H groups in total. The minimum Gasteiger partial charge on any atom is -0.379 e. The summed E-state index contributed by atoms with van der Waals surface area (Å²) in [4.78, 5) is 2.54. The van der Waals surface area contributed by atoms with Crippen molar-refractivity contribution < 1.29 is 4.74 Å². The van der Waals surface area contributed by atoms with Gasteiger partial charge in [-0.2, -0.15) is 11.8 Å². The Hall–Kier alpha value is 0.230. The van der Waals surface area contributed by atoms with E-state index >= 15 is 0 Å². The summed E-state index contributed by atoms with van der Waals surface area (Å²) in [5.74, 6) is 0. The monoisotopic (exact) mass is 202 g/mol. The second-order valence-electron chi connectivity index (χ2n) is 3.81. The quantitative estimate of drug-likeness (QED) is 0.697. The highest BCUT2D eigenvalue weighted by Gasteiger charge is 2.38. The Morgan fingerprint density at radius 2 is 2.15 bits per heavy atom. The van der Waals surface area contributed by atoms with E-state index in [4.69, 9.17) is 4.74 Å². The Morgan fingerprint density at radius 1 is 1.38 bits per heavy atom. The number of ether oxygens (including phenoxy) is 1. The van der Waals surface area contributed by atoms with E-state index in [1.54, 1.807) is 7.11 Å². The van der Waals surface area contributed by atoms with Gasteiger partial charge < -0.3 is 10.1 Å². The molecule has 2 heterocycles. The first-order valence-electron chi connectivity index (χ1n) is 4.85. The zero-order valence-electron chi connectivity index (χ0n) is 8.32. The summed E-state index contributed by atoms with van der Waals surface area (Å²) in [5.41, 5.74) is 0. The van der Waals surface area contributed by atoms with Crippen LogP contribution in [0.3, 0.4) is 0 Å². The van der Waals surface area contributed by atoms with Crippen LogP contribution in [0.25, 0.3) is 0 Å². The molecule has 0 bridgehead atoms. The molecule has 0 aromatic carbocycles. The Labute approximate surface area is 84.2 Å². The van der Waals surface area contributed by atoms with Crippen molar-refractivity contribution in [3.8, 4) is 0 Å². The zero-order valence-corrected chi connectivity index (χ0v) is 9.14. The van der Waals surface area contributed by atoms with E-state index in [0.29, 0.717) is 6.10 Å². The fraction of sp³-hybridized carbons (Fsp3) is 1.00. The van der Waals surface area contributed by atoms with E-state index in [2.05, 4.69) is 16.5 Å². The van der Waals surface area contributed by atoms with Gasteiger partial charge in [-0.1, -0.05) is 0 Å². The number of nitrogens with one attached hydrogen (secondary N) is 1. The maximum Gasteiger partial charge on any atom is 0.0825 e. The molecule has 0 spiro atoms. The summed E-state index contributed by atoms with van der Waals surface area (Å²) >= 11 is 1.98.